The molecular weight excluding hydrogens is 404 g/mol. The number of pyridine rings is 1. The zero-order chi connectivity index (χ0) is 21.8. The minimum absolute atomic E-state index is 0.132. The highest BCUT2D eigenvalue weighted by Gasteiger charge is 2.33. The van der Waals surface area contributed by atoms with Crippen LogP contribution in [0.4, 0.5) is 5.69 Å². The van der Waals surface area contributed by atoms with Crippen LogP contribution in [0.1, 0.15) is 71.8 Å². The third-order valence-electron chi connectivity index (χ3n) is 6.29. The smallest absolute Gasteiger partial charge is 0.256 e. The molecule has 0 unspecified atom stereocenters. The van der Waals surface area contributed by atoms with E-state index in [1.165, 1.54) is 0 Å². The number of anilines is 1. The van der Waals surface area contributed by atoms with Crippen molar-refractivity contribution in [1.29, 1.82) is 0 Å². The molecule has 2 aliphatic carbocycles. The first-order valence-corrected chi connectivity index (χ1v) is 11.3. The fourth-order valence-corrected chi connectivity index (χ4v) is 4.27. The predicted molar refractivity (Wildman–Crippen MR) is 120 cm³/mol. The van der Waals surface area contributed by atoms with Crippen LogP contribution in [0.25, 0.3) is 11.0 Å². The van der Waals surface area contributed by atoms with Crippen LogP contribution < -0.4 is 5.32 Å². The molecule has 1 N–H and O–H groups in total. The van der Waals surface area contributed by atoms with Crippen LogP contribution in [0.15, 0.2) is 30.9 Å². The molecule has 2 fully saturated rings. The molecule has 0 aliphatic heterocycles. The summed E-state index contributed by atoms with van der Waals surface area (Å²) in [6.45, 7) is 3.50. The van der Waals surface area contributed by atoms with Crippen LogP contribution in [0.2, 0.25) is 0 Å². The number of fused-ring (bicyclic) bond motifs is 1. The highest BCUT2D eigenvalue weighted by molar-refractivity contribution is 6.12. The summed E-state index contributed by atoms with van der Waals surface area (Å²) in [5, 5.41) is 17.4. The molecular formula is C23H26N8O. The third-order valence-corrected chi connectivity index (χ3v) is 6.29. The van der Waals surface area contributed by atoms with Crippen molar-refractivity contribution in [3.63, 3.8) is 0 Å². The van der Waals surface area contributed by atoms with Gasteiger partial charge < -0.3 is 5.32 Å². The standard InChI is InChI=1S/C23H26N8O/c1-3-30-11-14(9-24-30)12-31-13-17(10-25-31)26-23(32)18-8-19(15-4-5-15)27-22-20(18)21(16-6-7-16)28-29(22)2/h8-11,13,15-16H,3-7,12H2,1-2H3,(H,26,32). The van der Waals surface area contributed by atoms with Crippen LogP contribution >= 0.6 is 0 Å². The van der Waals surface area contributed by atoms with E-state index in [0.29, 0.717) is 29.6 Å². The summed E-state index contributed by atoms with van der Waals surface area (Å²) in [4.78, 5) is 18.3. The largest absolute Gasteiger partial charge is 0.319 e. The monoisotopic (exact) mass is 430 g/mol. The van der Waals surface area contributed by atoms with Gasteiger partial charge in [0.25, 0.3) is 5.91 Å². The maximum absolute atomic E-state index is 13.4. The Morgan fingerprint density at radius 2 is 1.88 bits per heavy atom. The van der Waals surface area contributed by atoms with Crippen molar-refractivity contribution in [3.8, 4) is 0 Å². The summed E-state index contributed by atoms with van der Waals surface area (Å²) in [5.41, 5.74) is 5.23. The number of carbonyl (C=O) groups is 1. The van der Waals surface area contributed by atoms with Crippen LogP contribution in [0.3, 0.4) is 0 Å². The second kappa shape index (κ2) is 7.29. The Morgan fingerprint density at radius 1 is 1.09 bits per heavy atom. The molecule has 2 aliphatic rings. The van der Waals surface area contributed by atoms with Crippen molar-refractivity contribution in [2.45, 2.75) is 57.5 Å². The first-order valence-electron chi connectivity index (χ1n) is 11.3. The van der Waals surface area contributed by atoms with Crippen LogP contribution in [-0.4, -0.2) is 40.2 Å². The highest BCUT2D eigenvalue weighted by Crippen LogP contribution is 2.45. The normalized spacial score (nSPS) is 16.1. The predicted octanol–water partition coefficient (Wildman–Crippen LogP) is 3.44. The Balaban J connectivity index is 1.29. The van der Waals surface area contributed by atoms with Gasteiger partial charge >= 0.3 is 0 Å². The fourth-order valence-electron chi connectivity index (χ4n) is 4.27. The van der Waals surface area contributed by atoms with Gasteiger partial charge in [-0.1, -0.05) is 0 Å². The number of hydrogen-bond acceptors (Lipinski definition) is 5. The van der Waals surface area contributed by atoms with Crippen molar-refractivity contribution >= 4 is 22.6 Å². The molecule has 164 valence electrons. The minimum Gasteiger partial charge on any atom is -0.319 e. The maximum Gasteiger partial charge on any atom is 0.256 e. The molecule has 0 radical (unpaired) electrons. The number of nitrogens with one attached hydrogen (secondary N) is 1. The Morgan fingerprint density at radius 3 is 2.59 bits per heavy atom. The lowest BCUT2D eigenvalue weighted by Gasteiger charge is -2.08. The van der Waals surface area contributed by atoms with Crippen LogP contribution in [0.5, 0.6) is 0 Å². The van der Waals surface area contributed by atoms with E-state index >= 15 is 0 Å². The lowest BCUT2D eigenvalue weighted by molar-refractivity contribution is 0.102. The van der Waals surface area contributed by atoms with E-state index in [4.69, 9.17) is 10.1 Å². The molecule has 0 bridgehead atoms. The van der Waals surface area contributed by atoms with Crippen LogP contribution in [0, 0.1) is 0 Å². The van der Waals surface area contributed by atoms with Crippen LogP contribution in [-0.2, 0) is 20.1 Å². The van der Waals surface area contributed by atoms with Gasteiger partial charge in [-0.25, -0.2) is 4.98 Å². The first-order chi connectivity index (χ1) is 15.6. The van der Waals surface area contributed by atoms with Crippen molar-refractivity contribution in [2.24, 2.45) is 7.05 Å². The van der Waals surface area contributed by atoms with Gasteiger partial charge in [0.2, 0.25) is 0 Å². The third kappa shape index (κ3) is 3.47. The summed E-state index contributed by atoms with van der Waals surface area (Å²) in [6.07, 6.45) is 11.9. The second-order valence-corrected chi connectivity index (χ2v) is 8.94. The van der Waals surface area contributed by atoms with Crippen molar-refractivity contribution in [2.75, 3.05) is 5.32 Å². The van der Waals surface area contributed by atoms with Gasteiger partial charge in [-0.2, -0.15) is 15.3 Å². The van der Waals surface area contributed by atoms with Gasteiger partial charge in [0, 0.05) is 49.1 Å². The first kappa shape index (κ1) is 19.2. The maximum atomic E-state index is 13.4. The molecule has 4 heterocycles. The number of nitrogens with zero attached hydrogens (tertiary/aromatic N) is 7. The molecule has 0 atom stereocenters. The molecule has 0 saturated heterocycles. The van der Waals surface area contributed by atoms with Crippen molar-refractivity contribution in [3.05, 3.63) is 53.4 Å². The summed E-state index contributed by atoms with van der Waals surface area (Å²) < 4.78 is 5.53. The van der Waals surface area contributed by atoms with E-state index in [2.05, 4.69) is 22.4 Å². The lowest BCUT2D eigenvalue weighted by Crippen LogP contribution is -2.13. The molecule has 32 heavy (non-hydrogen) atoms. The minimum atomic E-state index is -0.132. The molecule has 1 amide bonds. The van der Waals surface area contributed by atoms with E-state index < -0.39 is 0 Å². The number of aryl methyl sites for hydroxylation is 2. The molecule has 4 aromatic rings. The average molecular weight is 431 g/mol. The summed E-state index contributed by atoms with van der Waals surface area (Å²) in [6, 6.07) is 1.98. The topological polar surface area (TPSA) is 95.5 Å². The zero-order valence-corrected chi connectivity index (χ0v) is 18.3. The summed E-state index contributed by atoms with van der Waals surface area (Å²) in [5.74, 6) is 0.759. The molecule has 0 aromatic carbocycles. The van der Waals surface area contributed by atoms with E-state index in [1.54, 1.807) is 6.20 Å². The number of carbonyl (C=O) groups excluding carboxylic acids is 1. The molecule has 2 saturated carbocycles. The number of rotatable bonds is 7. The Labute approximate surface area is 185 Å². The van der Waals surface area contributed by atoms with Gasteiger partial charge in [-0.05, 0) is 38.7 Å². The van der Waals surface area contributed by atoms with Gasteiger partial charge in [0.15, 0.2) is 5.65 Å². The fraction of sp³-hybridized carbons (Fsp3) is 0.435. The second-order valence-electron chi connectivity index (χ2n) is 8.94. The molecule has 6 rings (SSSR count). The van der Waals surface area contributed by atoms with Gasteiger partial charge in [-0.15, -0.1) is 0 Å². The Bertz CT molecular complexity index is 1320. The van der Waals surface area contributed by atoms with Gasteiger partial charge in [0.1, 0.15) is 0 Å². The summed E-state index contributed by atoms with van der Waals surface area (Å²) >= 11 is 0. The zero-order valence-electron chi connectivity index (χ0n) is 18.3. The Kier molecular flexibility index (Phi) is 4.38. The Hall–Kier alpha value is -3.49. The number of amides is 1. The molecule has 0 spiro atoms. The number of hydrogen-bond donors (Lipinski definition) is 1. The van der Waals surface area contributed by atoms with Crippen molar-refractivity contribution in [1.82, 2.24) is 34.3 Å². The number of aromatic nitrogens is 7. The summed E-state index contributed by atoms with van der Waals surface area (Å²) in [7, 11) is 1.92. The van der Waals surface area contributed by atoms with Gasteiger partial charge in [-0.3, -0.25) is 18.8 Å². The van der Waals surface area contributed by atoms with E-state index in [1.807, 2.05) is 45.7 Å². The molecule has 4 aromatic heterocycles. The van der Waals surface area contributed by atoms with E-state index in [-0.39, 0.29) is 5.91 Å². The van der Waals surface area contributed by atoms with Gasteiger partial charge in [0.05, 0.1) is 41.3 Å². The highest BCUT2D eigenvalue weighted by atomic mass is 16.1. The van der Waals surface area contributed by atoms with Crippen molar-refractivity contribution < 1.29 is 4.79 Å². The van der Waals surface area contributed by atoms with E-state index in [9.17, 15) is 4.79 Å². The average Bonchev–Trinajstić information content (AvgIpc) is 3.71. The quantitative estimate of drug-likeness (QED) is 0.485. The molecule has 9 nitrogen and oxygen atoms in total. The lowest BCUT2D eigenvalue weighted by atomic mass is 10.0. The SMILES string of the molecule is CCn1cc(Cn2cc(NC(=O)c3cc(C4CC4)nc4c3c(C3CC3)nn4C)cn2)cn1. The van der Waals surface area contributed by atoms with E-state index in [0.717, 1.165) is 60.2 Å². The molecule has 9 heteroatoms.